The molecule has 0 aromatic heterocycles. The van der Waals surface area contributed by atoms with Crippen molar-refractivity contribution in [1.29, 1.82) is 0 Å². The molecule has 1 fully saturated rings. The Morgan fingerprint density at radius 2 is 2.35 bits per heavy atom. The van der Waals surface area contributed by atoms with Gasteiger partial charge in [-0.2, -0.15) is 0 Å². The third-order valence-corrected chi connectivity index (χ3v) is 3.02. The maximum atomic E-state index is 13.6. The lowest BCUT2D eigenvalue weighted by atomic mass is 10.1. The van der Waals surface area contributed by atoms with Gasteiger partial charge in [-0.25, -0.2) is 4.39 Å². The molecule has 5 nitrogen and oxygen atoms in total. The molecular weight excluding hydrogens is 250 g/mol. The van der Waals surface area contributed by atoms with Gasteiger partial charge in [-0.15, -0.1) is 0 Å². The SMILES string of the molecule is [2H]/C(=C(/[2H])P(=O)(O)OC)[C@H]1OC[C@H](F)[C@@H]1OC(C)C. The molecule has 100 valence electrons. The van der Waals surface area contributed by atoms with Gasteiger partial charge in [0.15, 0.2) is 6.17 Å². The van der Waals surface area contributed by atoms with Crippen LogP contribution in [-0.4, -0.2) is 43.1 Å². The van der Waals surface area contributed by atoms with Gasteiger partial charge < -0.3 is 18.9 Å². The Kier molecular flexibility index (Phi) is 4.22. The molecule has 1 aliphatic heterocycles. The first-order valence-electron chi connectivity index (χ1n) is 6.18. The molecule has 1 unspecified atom stereocenters. The highest BCUT2D eigenvalue weighted by atomic mass is 31.2. The highest BCUT2D eigenvalue weighted by molar-refractivity contribution is 7.56. The van der Waals surface area contributed by atoms with Gasteiger partial charge in [-0.3, -0.25) is 4.57 Å². The highest BCUT2D eigenvalue weighted by Gasteiger charge is 2.38. The van der Waals surface area contributed by atoms with Gasteiger partial charge in [-0.1, -0.05) is 0 Å². The summed E-state index contributed by atoms with van der Waals surface area (Å²) in [6, 6.07) is -0.599. The summed E-state index contributed by atoms with van der Waals surface area (Å²) in [5.41, 5.74) is 0. The Bertz CT molecular complexity index is 403. The zero-order chi connectivity index (χ0) is 14.8. The van der Waals surface area contributed by atoms with Crippen LogP contribution < -0.4 is 0 Å². The summed E-state index contributed by atoms with van der Waals surface area (Å²) < 4.78 is 54.9. The van der Waals surface area contributed by atoms with Gasteiger partial charge in [0.1, 0.15) is 12.2 Å². The highest BCUT2D eigenvalue weighted by Crippen LogP contribution is 2.42. The van der Waals surface area contributed by atoms with E-state index in [9.17, 15) is 13.8 Å². The molecule has 0 bridgehead atoms. The summed E-state index contributed by atoms with van der Waals surface area (Å²) in [5.74, 6) is -0.911. The van der Waals surface area contributed by atoms with Crippen molar-refractivity contribution in [2.45, 2.75) is 38.3 Å². The molecule has 7 heteroatoms. The number of rotatable bonds is 5. The van der Waals surface area contributed by atoms with Crippen LogP contribution in [0, 0.1) is 0 Å². The van der Waals surface area contributed by atoms with Gasteiger partial charge in [0, 0.05) is 12.9 Å². The molecule has 0 aromatic carbocycles. The molecule has 1 N–H and O–H groups in total. The predicted molar refractivity (Wildman–Crippen MR) is 60.6 cm³/mol. The first-order chi connectivity index (χ1) is 8.70. The third-order valence-electron chi connectivity index (χ3n) is 2.11. The van der Waals surface area contributed by atoms with Crippen molar-refractivity contribution in [2.24, 2.45) is 0 Å². The molecule has 0 spiro atoms. The molecule has 4 atom stereocenters. The second-order valence-corrected chi connectivity index (χ2v) is 5.51. The van der Waals surface area contributed by atoms with E-state index in [2.05, 4.69) is 4.52 Å². The fraction of sp³-hybridized carbons (Fsp3) is 0.800. The molecule has 0 aliphatic carbocycles. The van der Waals surface area contributed by atoms with Gasteiger partial charge >= 0.3 is 7.60 Å². The Hall–Kier alpha value is -0.260. The van der Waals surface area contributed by atoms with Crippen LogP contribution in [-0.2, 0) is 18.6 Å². The van der Waals surface area contributed by atoms with Crippen LogP contribution in [0.25, 0.3) is 0 Å². The summed E-state index contributed by atoms with van der Waals surface area (Å²) in [6.45, 7) is 3.12. The van der Waals surface area contributed by atoms with Crippen LogP contribution in [0.2, 0.25) is 0 Å². The first kappa shape index (κ1) is 11.8. The van der Waals surface area contributed by atoms with Crippen LogP contribution in [0.5, 0.6) is 0 Å². The molecule has 0 aromatic rings. The molecule has 0 amide bonds. The summed E-state index contributed by atoms with van der Waals surface area (Å²) in [5, 5.41) is 0. The summed E-state index contributed by atoms with van der Waals surface area (Å²) in [4.78, 5) is 9.33. The Morgan fingerprint density at radius 1 is 1.71 bits per heavy atom. The smallest absolute Gasteiger partial charge is 0.351 e. The van der Waals surface area contributed by atoms with E-state index in [1.807, 2.05) is 0 Å². The lowest BCUT2D eigenvalue weighted by Crippen LogP contribution is -2.32. The number of hydrogen-bond acceptors (Lipinski definition) is 4. The fourth-order valence-corrected chi connectivity index (χ4v) is 1.74. The number of hydrogen-bond donors (Lipinski definition) is 1. The standard InChI is InChI=1S/C10H18FO5P/c1-7(2)16-10-8(11)6-15-9(10)4-5-17(12,13)14-3/h4-5,7-10H,6H2,1-3H3,(H,12,13)/b5-4+/t8-,9+,10-/m0/s1/i4D,5D. The van der Waals surface area contributed by atoms with E-state index in [4.69, 9.17) is 12.2 Å². The maximum Gasteiger partial charge on any atom is 0.351 e. The number of alkyl halides is 1. The summed E-state index contributed by atoms with van der Waals surface area (Å²) in [6.07, 6.45) is -3.98. The van der Waals surface area contributed by atoms with E-state index < -0.39 is 37.8 Å². The minimum absolute atomic E-state index is 0.277. The van der Waals surface area contributed by atoms with E-state index in [0.29, 0.717) is 0 Å². The molecular formula is C10H18FO5P. The van der Waals surface area contributed by atoms with Gasteiger partial charge in [-0.05, 0) is 19.9 Å². The van der Waals surface area contributed by atoms with E-state index in [0.717, 1.165) is 7.11 Å². The Morgan fingerprint density at radius 3 is 2.88 bits per heavy atom. The number of ether oxygens (including phenoxy) is 2. The lowest BCUT2D eigenvalue weighted by molar-refractivity contribution is -0.0385. The average Bonchev–Trinajstić information content (AvgIpc) is 2.68. The van der Waals surface area contributed by atoms with Crippen LogP contribution in [0.1, 0.15) is 16.6 Å². The van der Waals surface area contributed by atoms with Crippen molar-refractivity contribution < 1.29 is 30.6 Å². The van der Waals surface area contributed by atoms with Crippen molar-refractivity contribution in [1.82, 2.24) is 0 Å². The minimum Gasteiger partial charge on any atom is -0.369 e. The van der Waals surface area contributed by atoms with E-state index in [-0.39, 0.29) is 12.7 Å². The lowest BCUT2D eigenvalue weighted by Gasteiger charge is -2.20. The van der Waals surface area contributed by atoms with Crippen LogP contribution in [0.3, 0.4) is 0 Å². The van der Waals surface area contributed by atoms with Crippen molar-refractivity contribution in [3.8, 4) is 0 Å². The zero-order valence-corrected chi connectivity index (χ0v) is 10.8. The Balaban J connectivity index is 3.00. The third kappa shape index (κ3) is 4.48. The fourth-order valence-electron chi connectivity index (χ4n) is 1.36. The van der Waals surface area contributed by atoms with Crippen molar-refractivity contribution >= 4 is 7.60 Å². The van der Waals surface area contributed by atoms with Crippen molar-refractivity contribution in [2.75, 3.05) is 13.7 Å². The molecule has 1 rings (SSSR count). The van der Waals surface area contributed by atoms with Crippen molar-refractivity contribution in [3.05, 3.63) is 11.8 Å². The molecule has 17 heavy (non-hydrogen) atoms. The zero-order valence-electron chi connectivity index (χ0n) is 11.9. The van der Waals surface area contributed by atoms with Gasteiger partial charge in [0.2, 0.25) is 0 Å². The maximum absolute atomic E-state index is 13.6. The largest absolute Gasteiger partial charge is 0.369 e. The molecule has 1 aliphatic rings. The van der Waals surface area contributed by atoms with E-state index in [1.54, 1.807) is 13.8 Å². The normalized spacial score (nSPS) is 36.2. The first-order valence-corrected chi connectivity index (χ1v) is 6.76. The van der Waals surface area contributed by atoms with E-state index in [1.165, 1.54) is 0 Å². The predicted octanol–water partition coefficient (Wildman–Crippen LogP) is 1.86. The van der Waals surface area contributed by atoms with Gasteiger partial charge in [0.25, 0.3) is 0 Å². The van der Waals surface area contributed by atoms with Crippen LogP contribution >= 0.6 is 7.60 Å². The van der Waals surface area contributed by atoms with Crippen molar-refractivity contribution in [3.63, 3.8) is 0 Å². The second kappa shape index (κ2) is 6.07. The quantitative estimate of drug-likeness (QED) is 0.772. The summed E-state index contributed by atoms with van der Waals surface area (Å²) in [7, 11) is -3.40. The topological polar surface area (TPSA) is 65.0 Å². The Labute approximate surface area is 103 Å². The molecule has 1 saturated heterocycles. The summed E-state index contributed by atoms with van der Waals surface area (Å²) >= 11 is 0. The van der Waals surface area contributed by atoms with Crippen LogP contribution in [0.15, 0.2) is 11.8 Å². The average molecular weight is 270 g/mol. The number of halogens is 1. The molecule has 1 heterocycles. The van der Waals surface area contributed by atoms with Crippen LogP contribution in [0.4, 0.5) is 4.39 Å². The molecule has 0 radical (unpaired) electrons. The minimum atomic E-state index is -4.35. The van der Waals surface area contributed by atoms with Gasteiger partial charge in [0.05, 0.1) is 15.5 Å². The second-order valence-electron chi connectivity index (χ2n) is 3.88. The molecule has 0 saturated carbocycles. The van der Waals surface area contributed by atoms with E-state index >= 15 is 0 Å². The monoisotopic (exact) mass is 270 g/mol.